The lowest BCUT2D eigenvalue weighted by Crippen LogP contribution is -2.43. The molecule has 2 heteroatoms. The highest BCUT2D eigenvalue weighted by Gasteiger charge is 2.44. The predicted octanol–water partition coefficient (Wildman–Crippen LogP) is 3.67. The molecule has 0 radical (unpaired) electrons. The summed E-state index contributed by atoms with van der Waals surface area (Å²) >= 11 is 0. The molecule has 0 spiro atoms. The molecular weight excluding hydrogens is 222 g/mol. The first-order valence-electron chi connectivity index (χ1n) is 7.08. The van der Waals surface area contributed by atoms with Crippen molar-refractivity contribution in [3.05, 3.63) is 29.6 Å². The maximum atomic E-state index is 11.2. The number of aliphatic hydroxyl groups is 1. The van der Waals surface area contributed by atoms with Crippen LogP contribution in [-0.2, 0) is 5.60 Å². The minimum atomic E-state index is -0.690. The van der Waals surface area contributed by atoms with Crippen LogP contribution in [0.2, 0.25) is 0 Å². The van der Waals surface area contributed by atoms with Gasteiger partial charge >= 0.3 is 0 Å². The fourth-order valence-corrected chi connectivity index (χ4v) is 3.50. The van der Waals surface area contributed by atoms with Crippen LogP contribution in [0.5, 0.6) is 0 Å². The van der Waals surface area contributed by atoms with Gasteiger partial charge in [-0.25, -0.2) is 0 Å². The number of rotatable bonds is 2. The van der Waals surface area contributed by atoms with E-state index in [1.807, 2.05) is 19.3 Å². The van der Waals surface area contributed by atoms with Crippen LogP contribution in [0.15, 0.2) is 18.5 Å². The first kappa shape index (κ1) is 13.5. The van der Waals surface area contributed by atoms with E-state index in [4.69, 9.17) is 0 Å². The van der Waals surface area contributed by atoms with Gasteiger partial charge in [-0.15, -0.1) is 0 Å². The summed E-state index contributed by atoms with van der Waals surface area (Å²) in [6.45, 7) is 8.71. The van der Waals surface area contributed by atoms with Gasteiger partial charge in [0.25, 0.3) is 0 Å². The van der Waals surface area contributed by atoms with E-state index in [1.54, 1.807) is 0 Å². The Kier molecular flexibility index (Phi) is 3.76. The lowest BCUT2D eigenvalue weighted by atomic mass is 9.64. The fourth-order valence-electron chi connectivity index (χ4n) is 3.50. The summed E-state index contributed by atoms with van der Waals surface area (Å²) in [4.78, 5) is 4.26. The Labute approximate surface area is 110 Å². The Morgan fingerprint density at radius 2 is 2.06 bits per heavy atom. The molecular formula is C16H25NO. The lowest BCUT2D eigenvalue weighted by molar-refractivity contribution is -0.0868. The largest absolute Gasteiger partial charge is 0.385 e. The molecule has 2 rings (SSSR count). The molecule has 0 amide bonds. The summed E-state index contributed by atoms with van der Waals surface area (Å²) in [5.41, 5.74) is 1.44. The van der Waals surface area contributed by atoms with Crippen LogP contribution in [0.3, 0.4) is 0 Å². The van der Waals surface area contributed by atoms with Gasteiger partial charge in [-0.05, 0) is 43.1 Å². The van der Waals surface area contributed by atoms with Gasteiger partial charge in [-0.3, -0.25) is 4.98 Å². The molecule has 1 aromatic heterocycles. The second-order valence-electron chi connectivity index (χ2n) is 6.41. The molecule has 1 aliphatic carbocycles. The van der Waals surface area contributed by atoms with E-state index in [0.717, 1.165) is 24.0 Å². The molecule has 18 heavy (non-hydrogen) atoms. The predicted molar refractivity (Wildman–Crippen MR) is 74.2 cm³/mol. The molecule has 0 bridgehead atoms. The van der Waals surface area contributed by atoms with Gasteiger partial charge in [0, 0.05) is 18.0 Å². The van der Waals surface area contributed by atoms with E-state index in [0.29, 0.717) is 17.8 Å². The molecule has 0 saturated heterocycles. The van der Waals surface area contributed by atoms with Crippen molar-refractivity contribution in [1.29, 1.82) is 0 Å². The summed E-state index contributed by atoms with van der Waals surface area (Å²) in [5, 5.41) is 11.2. The third kappa shape index (κ3) is 2.44. The number of aromatic nitrogens is 1. The SMILES string of the molecule is Cc1cncc(C2(O)CC(C)CCC2C(C)C)c1. The number of nitrogens with zero attached hydrogens (tertiary/aromatic N) is 1. The van der Waals surface area contributed by atoms with Gasteiger partial charge in [0.2, 0.25) is 0 Å². The third-order valence-corrected chi connectivity index (χ3v) is 4.42. The van der Waals surface area contributed by atoms with Crippen molar-refractivity contribution < 1.29 is 5.11 Å². The molecule has 1 N–H and O–H groups in total. The minimum Gasteiger partial charge on any atom is -0.385 e. The van der Waals surface area contributed by atoms with Crippen LogP contribution in [-0.4, -0.2) is 10.1 Å². The Morgan fingerprint density at radius 3 is 2.67 bits per heavy atom. The highest BCUT2D eigenvalue weighted by atomic mass is 16.3. The smallest absolute Gasteiger partial charge is 0.0944 e. The van der Waals surface area contributed by atoms with E-state index in [1.165, 1.54) is 6.42 Å². The maximum Gasteiger partial charge on any atom is 0.0944 e. The van der Waals surface area contributed by atoms with Gasteiger partial charge in [-0.1, -0.05) is 33.3 Å². The highest BCUT2D eigenvalue weighted by molar-refractivity contribution is 5.25. The van der Waals surface area contributed by atoms with Gasteiger partial charge in [-0.2, -0.15) is 0 Å². The molecule has 1 fully saturated rings. The number of hydrogen-bond acceptors (Lipinski definition) is 2. The fraction of sp³-hybridized carbons (Fsp3) is 0.688. The summed E-state index contributed by atoms with van der Waals surface area (Å²) in [6.07, 6.45) is 6.90. The number of hydrogen-bond donors (Lipinski definition) is 1. The van der Waals surface area contributed by atoms with E-state index in [2.05, 4.69) is 31.8 Å². The van der Waals surface area contributed by atoms with Gasteiger partial charge < -0.3 is 5.11 Å². The topological polar surface area (TPSA) is 33.1 Å². The Balaban J connectivity index is 2.40. The van der Waals surface area contributed by atoms with Crippen LogP contribution in [0.1, 0.15) is 51.2 Å². The molecule has 100 valence electrons. The first-order chi connectivity index (χ1) is 8.43. The molecule has 0 aromatic carbocycles. The normalized spacial score (nSPS) is 32.8. The maximum absolute atomic E-state index is 11.2. The Hall–Kier alpha value is -0.890. The summed E-state index contributed by atoms with van der Waals surface area (Å²) < 4.78 is 0. The molecule has 3 unspecified atom stereocenters. The van der Waals surface area contributed by atoms with Crippen LogP contribution >= 0.6 is 0 Å². The van der Waals surface area contributed by atoms with E-state index >= 15 is 0 Å². The quantitative estimate of drug-likeness (QED) is 0.865. The third-order valence-electron chi connectivity index (χ3n) is 4.42. The van der Waals surface area contributed by atoms with Crippen molar-refractivity contribution in [1.82, 2.24) is 4.98 Å². The minimum absolute atomic E-state index is 0.345. The van der Waals surface area contributed by atoms with Crippen molar-refractivity contribution >= 4 is 0 Å². The monoisotopic (exact) mass is 247 g/mol. The van der Waals surface area contributed by atoms with Crippen LogP contribution in [0, 0.1) is 24.7 Å². The van der Waals surface area contributed by atoms with Crippen LogP contribution in [0.25, 0.3) is 0 Å². The molecule has 3 atom stereocenters. The van der Waals surface area contributed by atoms with Crippen molar-refractivity contribution in [2.24, 2.45) is 17.8 Å². The lowest BCUT2D eigenvalue weighted by Gasteiger charge is -2.45. The summed E-state index contributed by atoms with van der Waals surface area (Å²) in [7, 11) is 0. The zero-order valence-electron chi connectivity index (χ0n) is 12.0. The van der Waals surface area contributed by atoms with E-state index in [9.17, 15) is 5.11 Å². The number of pyridine rings is 1. The van der Waals surface area contributed by atoms with Crippen molar-refractivity contribution in [3.8, 4) is 0 Å². The second-order valence-corrected chi connectivity index (χ2v) is 6.41. The Bertz CT molecular complexity index is 415. The Morgan fingerprint density at radius 1 is 1.33 bits per heavy atom. The molecule has 1 heterocycles. The zero-order chi connectivity index (χ0) is 13.3. The van der Waals surface area contributed by atoms with Gasteiger partial charge in [0.05, 0.1) is 5.60 Å². The van der Waals surface area contributed by atoms with Crippen molar-refractivity contribution in [2.75, 3.05) is 0 Å². The molecule has 1 aliphatic rings. The second kappa shape index (κ2) is 5.00. The van der Waals surface area contributed by atoms with Crippen molar-refractivity contribution in [2.45, 2.75) is 52.6 Å². The average molecular weight is 247 g/mol. The zero-order valence-corrected chi connectivity index (χ0v) is 12.0. The van der Waals surface area contributed by atoms with Crippen molar-refractivity contribution in [3.63, 3.8) is 0 Å². The van der Waals surface area contributed by atoms with E-state index in [-0.39, 0.29) is 0 Å². The first-order valence-corrected chi connectivity index (χ1v) is 7.08. The summed E-state index contributed by atoms with van der Waals surface area (Å²) in [6, 6.07) is 2.10. The standard InChI is InChI=1S/C16H25NO/c1-11(2)15-6-5-12(3)8-16(15,18)14-7-13(4)9-17-10-14/h7,9-12,15,18H,5-6,8H2,1-4H3. The van der Waals surface area contributed by atoms with Crippen LogP contribution < -0.4 is 0 Å². The van der Waals surface area contributed by atoms with Gasteiger partial charge in [0.15, 0.2) is 0 Å². The van der Waals surface area contributed by atoms with Gasteiger partial charge in [0.1, 0.15) is 0 Å². The van der Waals surface area contributed by atoms with Crippen LogP contribution in [0.4, 0.5) is 0 Å². The molecule has 1 saturated carbocycles. The molecule has 1 aromatic rings. The average Bonchev–Trinajstić information content (AvgIpc) is 2.28. The molecule has 0 aliphatic heterocycles. The van der Waals surface area contributed by atoms with E-state index < -0.39 is 5.60 Å². The summed E-state index contributed by atoms with van der Waals surface area (Å²) in [5.74, 6) is 1.44. The highest BCUT2D eigenvalue weighted by Crippen LogP contribution is 2.47. The molecule has 2 nitrogen and oxygen atoms in total. The number of aryl methyl sites for hydroxylation is 1.